The molecular formula is C17H26N2O6S. The predicted octanol–water partition coefficient (Wildman–Crippen LogP) is 0.713. The zero-order valence-corrected chi connectivity index (χ0v) is 16.5. The highest BCUT2D eigenvalue weighted by Gasteiger charge is 2.31. The van der Waals surface area contributed by atoms with Gasteiger partial charge in [-0.15, -0.1) is 0 Å². The summed E-state index contributed by atoms with van der Waals surface area (Å²) >= 11 is 0. The standard InChI is InChI=1S/C17H26N2O6S/c1-17(2,12-20)19(11-10-15(21)25-5)16(22)13-6-8-14(9-7-13)26(23,24)18(3)4/h6-9,20H,10-12H2,1-5H3. The molecule has 146 valence electrons. The van der Waals surface area contributed by atoms with Crippen molar-refractivity contribution in [2.45, 2.75) is 30.7 Å². The maximum absolute atomic E-state index is 12.8. The highest BCUT2D eigenvalue weighted by Crippen LogP contribution is 2.20. The van der Waals surface area contributed by atoms with Crippen LogP contribution in [0.25, 0.3) is 0 Å². The number of esters is 1. The zero-order chi connectivity index (χ0) is 20.1. The van der Waals surface area contributed by atoms with Crippen LogP contribution < -0.4 is 0 Å². The summed E-state index contributed by atoms with van der Waals surface area (Å²) in [4.78, 5) is 25.7. The number of carbonyl (C=O) groups excluding carboxylic acids is 2. The van der Waals surface area contributed by atoms with Crippen molar-refractivity contribution < 1.29 is 27.9 Å². The second-order valence-corrected chi connectivity index (χ2v) is 8.72. The molecule has 1 aromatic carbocycles. The fourth-order valence-electron chi connectivity index (χ4n) is 2.21. The van der Waals surface area contributed by atoms with Crippen LogP contribution in [0.15, 0.2) is 29.2 Å². The Bertz CT molecular complexity index is 741. The highest BCUT2D eigenvalue weighted by atomic mass is 32.2. The highest BCUT2D eigenvalue weighted by molar-refractivity contribution is 7.89. The lowest BCUT2D eigenvalue weighted by atomic mass is 10.0. The fraction of sp³-hybridized carbons (Fsp3) is 0.529. The van der Waals surface area contributed by atoms with E-state index in [9.17, 15) is 23.1 Å². The SMILES string of the molecule is COC(=O)CCN(C(=O)c1ccc(S(=O)(=O)N(C)C)cc1)C(C)(C)CO. The topological polar surface area (TPSA) is 104 Å². The molecular weight excluding hydrogens is 360 g/mol. The van der Waals surface area contributed by atoms with Crippen molar-refractivity contribution in [3.8, 4) is 0 Å². The molecule has 1 N–H and O–H groups in total. The van der Waals surface area contributed by atoms with E-state index < -0.39 is 27.4 Å². The van der Waals surface area contributed by atoms with Crippen LogP contribution >= 0.6 is 0 Å². The number of nitrogens with zero attached hydrogens (tertiary/aromatic N) is 2. The van der Waals surface area contributed by atoms with E-state index in [0.717, 1.165) is 4.31 Å². The van der Waals surface area contributed by atoms with E-state index in [0.29, 0.717) is 0 Å². The Labute approximate surface area is 154 Å². The van der Waals surface area contributed by atoms with Gasteiger partial charge in [0.15, 0.2) is 0 Å². The van der Waals surface area contributed by atoms with Crippen molar-refractivity contribution in [2.75, 3.05) is 34.4 Å². The molecule has 0 aliphatic carbocycles. The Morgan fingerprint density at radius 1 is 1.15 bits per heavy atom. The van der Waals surface area contributed by atoms with Crippen molar-refractivity contribution in [1.29, 1.82) is 0 Å². The maximum Gasteiger partial charge on any atom is 0.307 e. The normalized spacial score (nSPS) is 12.1. The van der Waals surface area contributed by atoms with E-state index >= 15 is 0 Å². The van der Waals surface area contributed by atoms with E-state index in [1.54, 1.807) is 13.8 Å². The van der Waals surface area contributed by atoms with Crippen LogP contribution in [0, 0.1) is 0 Å². The number of ether oxygens (including phenoxy) is 1. The molecule has 1 aromatic rings. The van der Waals surface area contributed by atoms with Gasteiger partial charge in [-0.05, 0) is 38.1 Å². The molecule has 0 fully saturated rings. The van der Waals surface area contributed by atoms with E-state index in [2.05, 4.69) is 4.74 Å². The molecule has 26 heavy (non-hydrogen) atoms. The molecule has 0 bridgehead atoms. The average Bonchev–Trinajstić information content (AvgIpc) is 2.61. The second kappa shape index (κ2) is 8.61. The van der Waals surface area contributed by atoms with Crippen molar-refractivity contribution in [3.05, 3.63) is 29.8 Å². The van der Waals surface area contributed by atoms with Gasteiger partial charge in [-0.3, -0.25) is 9.59 Å². The third-order valence-corrected chi connectivity index (χ3v) is 5.84. The van der Waals surface area contributed by atoms with Crippen LogP contribution in [-0.4, -0.2) is 74.5 Å². The van der Waals surface area contributed by atoms with Gasteiger partial charge in [0.2, 0.25) is 10.0 Å². The molecule has 0 saturated heterocycles. The van der Waals surface area contributed by atoms with E-state index in [-0.39, 0.29) is 30.0 Å². The van der Waals surface area contributed by atoms with Crippen LogP contribution in [0.1, 0.15) is 30.6 Å². The minimum atomic E-state index is -3.59. The van der Waals surface area contributed by atoms with Crippen LogP contribution in [0.5, 0.6) is 0 Å². The first-order valence-corrected chi connectivity index (χ1v) is 9.43. The molecule has 0 radical (unpaired) electrons. The van der Waals surface area contributed by atoms with Crippen molar-refractivity contribution in [2.24, 2.45) is 0 Å². The molecule has 0 atom stereocenters. The molecule has 0 saturated carbocycles. The summed E-state index contributed by atoms with van der Waals surface area (Å²) < 4.78 is 29.9. The molecule has 0 aliphatic heterocycles. The van der Waals surface area contributed by atoms with Gasteiger partial charge in [-0.1, -0.05) is 0 Å². The third kappa shape index (κ3) is 5.03. The molecule has 0 spiro atoms. The number of benzene rings is 1. The first-order valence-electron chi connectivity index (χ1n) is 7.99. The third-order valence-electron chi connectivity index (χ3n) is 4.01. The van der Waals surface area contributed by atoms with Gasteiger partial charge < -0.3 is 14.7 Å². The van der Waals surface area contributed by atoms with Gasteiger partial charge in [-0.2, -0.15) is 0 Å². The number of sulfonamides is 1. The van der Waals surface area contributed by atoms with E-state index in [1.807, 2.05) is 0 Å². The maximum atomic E-state index is 12.8. The molecule has 9 heteroatoms. The molecule has 1 rings (SSSR count). The van der Waals surface area contributed by atoms with Crippen LogP contribution in [0.2, 0.25) is 0 Å². The summed E-state index contributed by atoms with van der Waals surface area (Å²) in [6.45, 7) is 3.12. The van der Waals surface area contributed by atoms with Gasteiger partial charge in [-0.25, -0.2) is 12.7 Å². The minimum absolute atomic E-state index is 0.0151. The number of rotatable bonds is 8. The second-order valence-electron chi connectivity index (χ2n) is 6.57. The molecule has 0 unspecified atom stereocenters. The van der Waals surface area contributed by atoms with Crippen molar-refractivity contribution >= 4 is 21.9 Å². The number of aliphatic hydroxyl groups is 1. The predicted molar refractivity (Wildman–Crippen MR) is 96.1 cm³/mol. The van der Waals surface area contributed by atoms with Gasteiger partial charge in [0, 0.05) is 26.2 Å². The Morgan fingerprint density at radius 2 is 1.69 bits per heavy atom. The Morgan fingerprint density at radius 3 is 2.12 bits per heavy atom. The van der Waals surface area contributed by atoms with Gasteiger partial charge in [0.05, 0.1) is 30.6 Å². The lowest BCUT2D eigenvalue weighted by Crippen LogP contribution is -2.51. The lowest BCUT2D eigenvalue weighted by molar-refractivity contribution is -0.141. The number of hydrogen-bond donors (Lipinski definition) is 1. The molecule has 0 heterocycles. The summed E-state index contributed by atoms with van der Waals surface area (Å²) in [7, 11) is 0.516. The number of methoxy groups -OCH3 is 1. The van der Waals surface area contributed by atoms with E-state index in [1.165, 1.54) is 50.4 Å². The molecule has 0 aromatic heterocycles. The quantitative estimate of drug-likeness (QED) is 0.660. The largest absolute Gasteiger partial charge is 0.469 e. The van der Waals surface area contributed by atoms with Gasteiger partial charge in [0.25, 0.3) is 5.91 Å². The fourth-order valence-corrected chi connectivity index (χ4v) is 3.11. The Kier molecular flexibility index (Phi) is 7.31. The van der Waals surface area contributed by atoms with Crippen LogP contribution in [-0.2, 0) is 19.6 Å². The smallest absolute Gasteiger partial charge is 0.307 e. The van der Waals surface area contributed by atoms with Crippen LogP contribution in [0.3, 0.4) is 0 Å². The van der Waals surface area contributed by atoms with E-state index in [4.69, 9.17) is 0 Å². The monoisotopic (exact) mass is 386 g/mol. The summed E-state index contributed by atoms with van der Waals surface area (Å²) in [5.41, 5.74) is -0.645. The first kappa shape index (κ1) is 22.1. The summed E-state index contributed by atoms with van der Waals surface area (Å²) in [6, 6.07) is 5.54. The minimum Gasteiger partial charge on any atom is -0.469 e. The van der Waals surface area contributed by atoms with Crippen molar-refractivity contribution in [1.82, 2.24) is 9.21 Å². The lowest BCUT2D eigenvalue weighted by Gasteiger charge is -2.37. The summed E-state index contributed by atoms with van der Waals surface area (Å²) in [5.74, 6) is -0.884. The summed E-state index contributed by atoms with van der Waals surface area (Å²) in [5, 5.41) is 9.60. The number of carbonyl (C=O) groups is 2. The molecule has 0 aliphatic rings. The molecule has 8 nitrogen and oxygen atoms in total. The Hall–Kier alpha value is -1.97. The van der Waals surface area contributed by atoms with Crippen molar-refractivity contribution in [3.63, 3.8) is 0 Å². The number of aliphatic hydroxyl groups excluding tert-OH is 1. The zero-order valence-electron chi connectivity index (χ0n) is 15.7. The average molecular weight is 386 g/mol. The molecule has 1 amide bonds. The summed E-state index contributed by atoms with van der Waals surface area (Å²) in [6.07, 6.45) is -0.0151. The first-order chi connectivity index (χ1) is 12.0. The van der Waals surface area contributed by atoms with Gasteiger partial charge >= 0.3 is 5.97 Å². The number of hydrogen-bond acceptors (Lipinski definition) is 6. The van der Waals surface area contributed by atoms with Gasteiger partial charge in [0.1, 0.15) is 0 Å². The van der Waals surface area contributed by atoms with Crippen LogP contribution in [0.4, 0.5) is 0 Å². The Balaban J connectivity index is 3.13. The number of amides is 1.